The molecule has 2 saturated heterocycles. The molecule has 3 aliphatic rings. The Hall–Kier alpha value is -2.97. The Balaban J connectivity index is 1.36. The number of carbonyl (C=O) groups excluding carboxylic acids is 1. The number of amides is 1. The number of anilines is 3. The summed E-state index contributed by atoms with van der Waals surface area (Å²) in [5, 5.41) is 2.85. The first-order valence-electron chi connectivity index (χ1n) is 12.3. The number of carbonyl (C=O) groups is 1. The minimum absolute atomic E-state index is 0.0681. The van der Waals surface area contributed by atoms with Crippen LogP contribution in [0.15, 0.2) is 30.3 Å². The molecule has 1 spiro atoms. The van der Waals surface area contributed by atoms with E-state index in [0.29, 0.717) is 11.0 Å². The van der Waals surface area contributed by atoms with Gasteiger partial charge < -0.3 is 19.9 Å². The lowest BCUT2D eigenvalue weighted by Gasteiger charge is -2.35. The van der Waals surface area contributed by atoms with Crippen molar-refractivity contribution in [3.05, 3.63) is 41.5 Å². The molecule has 0 bridgehead atoms. The lowest BCUT2D eigenvalue weighted by atomic mass is 9.92. The predicted octanol–water partition coefficient (Wildman–Crippen LogP) is 5.56. The summed E-state index contributed by atoms with van der Waals surface area (Å²) in [6.07, 6.45) is 4.30. The molecule has 1 saturated carbocycles. The summed E-state index contributed by atoms with van der Waals surface area (Å²) in [6.45, 7) is 2.95. The second kappa shape index (κ2) is 9.24. The van der Waals surface area contributed by atoms with Crippen LogP contribution >= 0.6 is 0 Å². The Morgan fingerprint density at radius 3 is 2.34 bits per heavy atom. The van der Waals surface area contributed by atoms with Crippen LogP contribution in [0.1, 0.15) is 54.4 Å². The summed E-state index contributed by atoms with van der Waals surface area (Å²) >= 11 is 0. The predicted molar refractivity (Wildman–Crippen MR) is 129 cm³/mol. The molecule has 1 aromatic heterocycles. The zero-order chi connectivity index (χ0) is 24.6. The minimum Gasteiger partial charge on any atom is -0.459 e. The molecule has 0 atom stereocenters. The molecule has 188 valence electrons. The fourth-order valence-electron chi connectivity index (χ4n) is 5.13. The molecule has 1 aliphatic carbocycles. The van der Waals surface area contributed by atoms with Crippen LogP contribution in [0, 0.1) is 12.3 Å². The molecule has 3 heterocycles. The molecule has 1 aromatic carbocycles. The Kier molecular flexibility index (Phi) is 6.27. The fraction of sp³-hybridized carbons (Fsp3) is 0.538. The van der Waals surface area contributed by atoms with Gasteiger partial charge in [0.2, 0.25) is 6.86 Å². The van der Waals surface area contributed by atoms with E-state index < -0.39 is 12.8 Å². The van der Waals surface area contributed by atoms with Crippen molar-refractivity contribution < 1.29 is 22.7 Å². The molecule has 2 aliphatic heterocycles. The molecule has 6 nitrogen and oxygen atoms in total. The van der Waals surface area contributed by atoms with Crippen LogP contribution < -0.4 is 19.9 Å². The first-order valence-corrected chi connectivity index (χ1v) is 12.3. The highest BCUT2D eigenvalue weighted by Crippen LogP contribution is 2.54. The number of halogens is 3. The van der Waals surface area contributed by atoms with Crippen molar-refractivity contribution in [2.75, 3.05) is 48.2 Å². The fourth-order valence-corrected chi connectivity index (χ4v) is 5.13. The zero-order valence-corrected chi connectivity index (χ0v) is 20.0. The number of aromatic nitrogens is 1. The average molecular weight is 489 g/mol. The number of hydrogen-bond acceptors (Lipinski definition) is 5. The Bertz CT molecular complexity index is 1090. The van der Waals surface area contributed by atoms with Crippen molar-refractivity contribution in [2.24, 2.45) is 5.41 Å². The van der Waals surface area contributed by atoms with Crippen molar-refractivity contribution >= 4 is 23.2 Å². The standard InChI is InChI=1S/C26H31F3N4O2/c1-18-2-3-19(20(16-18)32-12-8-25(6-7-25)9-13-32)24(34)31-22-5-4-21(35-17-27)23(30-22)33-14-10-26(28,29)11-15-33/h2-5,16H,6-15,17H2,1H3,(H,30,31,34). The van der Waals surface area contributed by atoms with Crippen LogP contribution in [0.25, 0.3) is 0 Å². The maximum atomic E-state index is 13.6. The van der Waals surface area contributed by atoms with Crippen molar-refractivity contribution in [3.8, 4) is 5.75 Å². The van der Waals surface area contributed by atoms with Gasteiger partial charge in [0.1, 0.15) is 5.82 Å². The minimum atomic E-state index is -2.72. The van der Waals surface area contributed by atoms with Crippen LogP contribution in [0.2, 0.25) is 0 Å². The Morgan fingerprint density at radius 1 is 1.00 bits per heavy atom. The molecular formula is C26H31F3N4O2. The largest absolute Gasteiger partial charge is 0.459 e. The van der Waals surface area contributed by atoms with Crippen molar-refractivity contribution in [2.45, 2.75) is 51.4 Å². The van der Waals surface area contributed by atoms with E-state index in [1.807, 2.05) is 25.1 Å². The lowest BCUT2D eigenvalue weighted by Crippen LogP contribution is -2.40. The normalized spacial score (nSPS) is 20.6. The number of aryl methyl sites for hydroxylation is 1. The number of nitrogens with zero attached hydrogens (tertiary/aromatic N) is 3. The molecular weight excluding hydrogens is 457 g/mol. The van der Waals surface area contributed by atoms with Gasteiger partial charge in [0.05, 0.1) is 5.56 Å². The molecule has 1 amide bonds. The van der Waals surface area contributed by atoms with E-state index in [0.717, 1.165) is 37.2 Å². The third kappa shape index (κ3) is 5.18. The Labute approximate surface area is 203 Å². The number of nitrogens with one attached hydrogen (secondary N) is 1. The van der Waals surface area contributed by atoms with Crippen molar-refractivity contribution in [3.63, 3.8) is 0 Å². The van der Waals surface area contributed by atoms with E-state index in [2.05, 4.69) is 15.2 Å². The molecule has 9 heteroatoms. The number of pyridine rings is 1. The topological polar surface area (TPSA) is 57.7 Å². The molecule has 0 unspecified atom stereocenters. The zero-order valence-electron chi connectivity index (χ0n) is 20.0. The summed E-state index contributed by atoms with van der Waals surface area (Å²) in [6, 6.07) is 8.84. The van der Waals surface area contributed by atoms with Crippen molar-refractivity contribution in [1.29, 1.82) is 0 Å². The first kappa shape index (κ1) is 23.8. The monoisotopic (exact) mass is 488 g/mol. The lowest BCUT2D eigenvalue weighted by molar-refractivity contribution is -0.0222. The van der Waals surface area contributed by atoms with E-state index in [1.54, 1.807) is 4.90 Å². The first-order chi connectivity index (χ1) is 16.8. The second-order valence-electron chi connectivity index (χ2n) is 10.1. The maximum absolute atomic E-state index is 13.6. The summed E-state index contributed by atoms with van der Waals surface area (Å²) < 4.78 is 45.3. The van der Waals surface area contributed by atoms with E-state index >= 15 is 0 Å². The number of hydrogen-bond donors (Lipinski definition) is 1. The molecule has 2 aromatic rings. The van der Waals surface area contributed by atoms with E-state index in [1.165, 1.54) is 25.0 Å². The summed E-state index contributed by atoms with van der Waals surface area (Å²) in [5.41, 5.74) is 3.09. The quantitative estimate of drug-likeness (QED) is 0.577. The van der Waals surface area contributed by atoms with Crippen LogP contribution in [-0.2, 0) is 0 Å². The third-order valence-corrected chi connectivity index (χ3v) is 7.61. The van der Waals surface area contributed by atoms with Gasteiger partial charge in [-0.05, 0) is 67.9 Å². The van der Waals surface area contributed by atoms with Gasteiger partial charge in [0, 0.05) is 44.7 Å². The number of piperidine rings is 2. The van der Waals surface area contributed by atoms with Gasteiger partial charge in [0.25, 0.3) is 11.8 Å². The molecule has 0 radical (unpaired) electrons. The highest BCUT2D eigenvalue weighted by molar-refractivity contribution is 6.08. The molecule has 1 N–H and O–H groups in total. The highest BCUT2D eigenvalue weighted by Gasteiger charge is 2.44. The highest BCUT2D eigenvalue weighted by atomic mass is 19.3. The van der Waals surface area contributed by atoms with E-state index in [-0.39, 0.29) is 49.2 Å². The number of ether oxygens (including phenoxy) is 1. The van der Waals surface area contributed by atoms with Gasteiger partial charge in [-0.15, -0.1) is 0 Å². The summed E-state index contributed by atoms with van der Waals surface area (Å²) in [4.78, 5) is 21.7. The Morgan fingerprint density at radius 2 is 1.69 bits per heavy atom. The molecule has 35 heavy (non-hydrogen) atoms. The number of alkyl halides is 3. The van der Waals surface area contributed by atoms with Crippen molar-refractivity contribution in [1.82, 2.24) is 4.98 Å². The van der Waals surface area contributed by atoms with Crippen LogP contribution in [0.5, 0.6) is 5.75 Å². The molecule has 5 rings (SSSR count). The third-order valence-electron chi connectivity index (χ3n) is 7.61. The van der Waals surface area contributed by atoms with Gasteiger partial charge in [-0.2, -0.15) is 0 Å². The van der Waals surface area contributed by atoms with E-state index in [4.69, 9.17) is 4.74 Å². The maximum Gasteiger partial charge on any atom is 0.258 e. The van der Waals surface area contributed by atoms with Gasteiger partial charge >= 0.3 is 0 Å². The van der Waals surface area contributed by atoms with E-state index in [9.17, 15) is 18.0 Å². The van der Waals surface area contributed by atoms with Crippen LogP contribution in [0.4, 0.5) is 30.5 Å². The van der Waals surface area contributed by atoms with Crippen LogP contribution in [0.3, 0.4) is 0 Å². The van der Waals surface area contributed by atoms with Gasteiger partial charge in [-0.1, -0.05) is 6.07 Å². The molecule has 3 fully saturated rings. The average Bonchev–Trinajstić information content (AvgIpc) is 3.59. The second-order valence-corrected chi connectivity index (χ2v) is 10.1. The SMILES string of the molecule is Cc1ccc(C(=O)Nc2ccc(OCF)c(N3CCC(F)(F)CC3)n2)c(N2CCC3(CC2)CC3)c1. The number of rotatable bonds is 6. The summed E-state index contributed by atoms with van der Waals surface area (Å²) in [7, 11) is 0. The van der Waals surface area contributed by atoms with Gasteiger partial charge in [0.15, 0.2) is 11.6 Å². The van der Waals surface area contributed by atoms with Gasteiger partial charge in [-0.3, -0.25) is 4.79 Å². The van der Waals surface area contributed by atoms with Gasteiger partial charge in [-0.25, -0.2) is 18.2 Å². The van der Waals surface area contributed by atoms with Crippen LogP contribution in [-0.4, -0.2) is 49.9 Å². The summed E-state index contributed by atoms with van der Waals surface area (Å²) in [5.74, 6) is -2.34. The number of benzene rings is 1. The smallest absolute Gasteiger partial charge is 0.258 e.